The van der Waals surface area contributed by atoms with E-state index in [-0.39, 0.29) is 22.5 Å². The van der Waals surface area contributed by atoms with Gasteiger partial charge in [0.25, 0.3) is 0 Å². The SMILES string of the molecule is COc1ccc2c3c1OC1C4(OC)CCC5(CC4COCc4ccccc4)[C@@H](C2)N(C)CC[C@]315. The fourth-order valence-corrected chi connectivity index (χ4v) is 9.07. The second kappa shape index (κ2) is 7.22. The van der Waals surface area contributed by atoms with E-state index < -0.39 is 0 Å². The normalized spacial score (nSPS) is 39.0. The van der Waals surface area contributed by atoms with Gasteiger partial charge in [0.15, 0.2) is 11.5 Å². The number of piperidine rings is 1. The Labute approximate surface area is 202 Å². The molecule has 180 valence electrons. The molecule has 34 heavy (non-hydrogen) atoms. The van der Waals surface area contributed by atoms with Crippen molar-refractivity contribution in [2.75, 3.05) is 34.4 Å². The third-order valence-electron chi connectivity index (χ3n) is 10.4. The standard InChI is InChI=1S/C29H35NO4/c1-30-14-13-28-24-20-9-10-22(31-2)25(24)34-26(28)29(32-3)12-11-27(28,23(30)15-20)16-21(29)18-33-17-19-7-5-4-6-8-19/h4-10,21,23,26H,11-18H2,1-3H3/t21?,23-,26?,27?,28+,29?/m1/s1. The first kappa shape index (κ1) is 21.2. The first-order valence-corrected chi connectivity index (χ1v) is 12.8. The molecule has 0 aromatic heterocycles. The summed E-state index contributed by atoms with van der Waals surface area (Å²) in [4.78, 5) is 2.64. The van der Waals surface area contributed by atoms with Gasteiger partial charge in [0.05, 0.1) is 20.3 Å². The molecular formula is C29H35NO4. The van der Waals surface area contributed by atoms with Crippen LogP contribution in [0.1, 0.15) is 42.4 Å². The first-order valence-electron chi connectivity index (χ1n) is 12.8. The zero-order chi connectivity index (χ0) is 23.1. The van der Waals surface area contributed by atoms with Gasteiger partial charge in [-0.25, -0.2) is 0 Å². The summed E-state index contributed by atoms with van der Waals surface area (Å²) < 4.78 is 25.8. The van der Waals surface area contributed by atoms with Crippen molar-refractivity contribution in [2.24, 2.45) is 11.3 Å². The molecule has 4 bridgehead atoms. The fourth-order valence-electron chi connectivity index (χ4n) is 9.07. The van der Waals surface area contributed by atoms with Crippen molar-refractivity contribution in [2.45, 2.75) is 61.9 Å². The topological polar surface area (TPSA) is 40.2 Å². The maximum absolute atomic E-state index is 7.03. The van der Waals surface area contributed by atoms with Crippen molar-refractivity contribution >= 4 is 0 Å². The Bertz CT molecular complexity index is 1120. The second-order valence-corrected chi connectivity index (χ2v) is 11.3. The molecule has 2 aromatic carbocycles. The van der Waals surface area contributed by atoms with Gasteiger partial charge >= 0.3 is 0 Å². The smallest absolute Gasteiger partial charge is 0.165 e. The summed E-state index contributed by atoms with van der Waals surface area (Å²) in [6.07, 6.45) is 5.60. The predicted molar refractivity (Wildman–Crippen MR) is 129 cm³/mol. The van der Waals surface area contributed by atoms with Crippen LogP contribution in [0.3, 0.4) is 0 Å². The summed E-state index contributed by atoms with van der Waals surface area (Å²) in [6, 6.07) is 15.4. The van der Waals surface area contributed by atoms with Gasteiger partial charge in [-0.15, -0.1) is 0 Å². The summed E-state index contributed by atoms with van der Waals surface area (Å²) in [6.45, 7) is 2.46. The van der Waals surface area contributed by atoms with Crippen LogP contribution in [0.2, 0.25) is 0 Å². The van der Waals surface area contributed by atoms with Crippen LogP contribution in [-0.2, 0) is 27.9 Å². The first-order chi connectivity index (χ1) is 16.6. The maximum Gasteiger partial charge on any atom is 0.165 e. The lowest BCUT2D eigenvalue weighted by Crippen LogP contribution is -2.81. The van der Waals surface area contributed by atoms with E-state index >= 15 is 0 Å². The lowest BCUT2D eigenvalue weighted by Gasteiger charge is -2.73. The molecule has 4 aliphatic carbocycles. The van der Waals surface area contributed by atoms with Gasteiger partial charge in [-0.1, -0.05) is 36.4 Å². The average Bonchev–Trinajstić information content (AvgIpc) is 3.24. The largest absolute Gasteiger partial charge is 0.493 e. The van der Waals surface area contributed by atoms with Crippen LogP contribution in [0.5, 0.6) is 11.5 Å². The highest BCUT2D eigenvalue weighted by Crippen LogP contribution is 2.76. The lowest BCUT2D eigenvalue weighted by molar-refractivity contribution is -0.282. The Morgan fingerprint density at radius 2 is 1.91 bits per heavy atom. The van der Waals surface area contributed by atoms with Gasteiger partial charge in [0.2, 0.25) is 0 Å². The molecule has 2 spiro atoms. The molecular weight excluding hydrogens is 426 g/mol. The van der Waals surface area contributed by atoms with E-state index in [0.29, 0.717) is 25.2 Å². The molecule has 5 nitrogen and oxygen atoms in total. The molecule has 3 saturated carbocycles. The number of likely N-dealkylation sites (tertiary alicyclic amines) is 1. The predicted octanol–water partition coefficient (Wildman–Crippen LogP) is 4.36. The molecule has 6 aliphatic rings. The number of hydrogen-bond donors (Lipinski definition) is 0. The Kier molecular flexibility index (Phi) is 4.51. The number of benzene rings is 2. The highest BCUT2D eigenvalue weighted by molar-refractivity contribution is 5.63. The molecule has 0 N–H and O–H groups in total. The van der Waals surface area contributed by atoms with Crippen LogP contribution < -0.4 is 9.47 Å². The van der Waals surface area contributed by atoms with Gasteiger partial charge in [0.1, 0.15) is 11.7 Å². The highest BCUT2D eigenvalue weighted by Gasteiger charge is 2.80. The minimum absolute atomic E-state index is 0.00578. The molecule has 2 aliphatic heterocycles. The maximum atomic E-state index is 7.03. The van der Waals surface area contributed by atoms with E-state index in [2.05, 4.69) is 54.4 Å². The van der Waals surface area contributed by atoms with E-state index in [4.69, 9.17) is 18.9 Å². The molecule has 0 radical (unpaired) electrons. The summed E-state index contributed by atoms with van der Waals surface area (Å²) in [5.41, 5.74) is 3.99. The molecule has 2 aromatic rings. The Morgan fingerprint density at radius 3 is 2.71 bits per heavy atom. The van der Waals surface area contributed by atoms with Gasteiger partial charge in [-0.3, -0.25) is 0 Å². The Balaban J connectivity index is 1.33. The third kappa shape index (κ3) is 2.36. The molecule has 2 heterocycles. The minimum Gasteiger partial charge on any atom is -0.493 e. The summed E-state index contributed by atoms with van der Waals surface area (Å²) in [5.74, 6) is 2.17. The molecule has 4 fully saturated rings. The van der Waals surface area contributed by atoms with Gasteiger partial charge in [-0.2, -0.15) is 0 Å². The number of rotatable bonds is 6. The minimum atomic E-state index is -0.336. The van der Waals surface area contributed by atoms with Crippen molar-refractivity contribution in [3.8, 4) is 11.5 Å². The van der Waals surface area contributed by atoms with Crippen molar-refractivity contribution in [3.63, 3.8) is 0 Å². The molecule has 5 heteroatoms. The van der Waals surface area contributed by atoms with Crippen molar-refractivity contribution in [1.82, 2.24) is 4.90 Å². The molecule has 8 rings (SSSR count). The molecule has 0 amide bonds. The number of methoxy groups -OCH3 is 2. The quantitative estimate of drug-likeness (QED) is 0.640. The summed E-state index contributed by atoms with van der Waals surface area (Å²) >= 11 is 0. The van der Waals surface area contributed by atoms with Crippen molar-refractivity contribution < 1.29 is 18.9 Å². The fraction of sp³-hybridized carbons (Fsp3) is 0.586. The van der Waals surface area contributed by atoms with E-state index in [1.807, 2.05) is 7.11 Å². The lowest BCUT2D eigenvalue weighted by atomic mass is 9.35. The van der Waals surface area contributed by atoms with E-state index in [0.717, 1.165) is 43.7 Å². The van der Waals surface area contributed by atoms with E-state index in [1.54, 1.807) is 7.11 Å². The van der Waals surface area contributed by atoms with Gasteiger partial charge < -0.3 is 23.8 Å². The van der Waals surface area contributed by atoms with Crippen molar-refractivity contribution in [3.05, 3.63) is 59.2 Å². The van der Waals surface area contributed by atoms with Crippen LogP contribution in [-0.4, -0.2) is 57.1 Å². The molecule has 1 saturated heterocycles. The van der Waals surface area contributed by atoms with Crippen molar-refractivity contribution in [1.29, 1.82) is 0 Å². The Hall–Kier alpha value is -2.08. The van der Waals surface area contributed by atoms with Gasteiger partial charge in [-0.05, 0) is 62.9 Å². The summed E-state index contributed by atoms with van der Waals surface area (Å²) in [7, 11) is 6.00. The number of likely N-dealkylation sites (N-methyl/N-ethyl adjacent to an activating group) is 1. The Morgan fingerprint density at radius 1 is 1.06 bits per heavy atom. The monoisotopic (exact) mass is 461 g/mol. The zero-order valence-corrected chi connectivity index (χ0v) is 20.5. The zero-order valence-electron chi connectivity index (χ0n) is 20.5. The number of hydrogen-bond acceptors (Lipinski definition) is 5. The van der Waals surface area contributed by atoms with Crippen LogP contribution in [0.25, 0.3) is 0 Å². The summed E-state index contributed by atoms with van der Waals surface area (Å²) in [5, 5.41) is 0. The van der Waals surface area contributed by atoms with Crippen LogP contribution in [0.4, 0.5) is 0 Å². The molecule has 4 unspecified atom stereocenters. The average molecular weight is 462 g/mol. The number of ether oxygens (including phenoxy) is 4. The van der Waals surface area contributed by atoms with Crippen LogP contribution in [0.15, 0.2) is 42.5 Å². The third-order valence-corrected chi connectivity index (χ3v) is 10.4. The number of nitrogens with zero attached hydrogens (tertiary/aromatic N) is 1. The van der Waals surface area contributed by atoms with E-state index in [1.165, 1.54) is 23.1 Å². The highest BCUT2D eigenvalue weighted by atomic mass is 16.6. The van der Waals surface area contributed by atoms with E-state index in [9.17, 15) is 0 Å². The van der Waals surface area contributed by atoms with Crippen LogP contribution >= 0.6 is 0 Å². The molecule has 6 atom stereocenters. The van der Waals surface area contributed by atoms with Gasteiger partial charge in [0, 0.05) is 35.5 Å². The van der Waals surface area contributed by atoms with Crippen LogP contribution in [0, 0.1) is 11.3 Å². The number of fused-ring (bicyclic) bond motifs is 2. The second-order valence-electron chi connectivity index (χ2n) is 11.3.